The first-order chi connectivity index (χ1) is 16.8. The molecule has 0 saturated carbocycles. The molecule has 0 bridgehead atoms. The number of benzene rings is 2. The fourth-order valence-electron chi connectivity index (χ4n) is 5.76. The molecule has 0 radical (unpaired) electrons. The van der Waals surface area contributed by atoms with Crippen LogP contribution in [0.2, 0.25) is 0 Å². The molecular formula is C27H33N3O4S. The highest BCUT2D eigenvalue weighted by Crippen LogP contribution is 2.33. The summed E-state index contributed by atoms with van der Waals surface area (Å²) in [6, 6.07) is 13.4. The first-order valence-corrected chi connectivity index (χ1v) is 14.1. The second kappa shape index (κ2) is 9.74. The third kappa shape index (κ3) is 4.74. The molecule has 0 unspecified atom stereocenters. The number of piperidine rings is 1. The van der Waals surface area contributed by atoms with Gasteiger partial charge in [0.1, 0.15) is 0 Å². The molecule has 7 nitrogen and oxygen atoms in total. The first kappa shape index (κ1) is 24.0. The van der Waals surface area contributed by atoms with Gasteiger partial charge < -0.3 is 10.2 Å². The zero-order chi connectivity index (χ0) is 24.6. The third-order valence-electron chi connectivity index (χ3n) is 7.70. The van der Waals surface area contributed by atoms with Crippen molar-refractivity contribution < 1.29 is 18.0 Å². The van der Waals surface area contributed by atoms with Crippen molar-refractivity contribution in [2.45, 2.75) is 62.8 Å². The van der Waals surface area contributed by atoms with E-state index in [4.69, 9.17) is 0 Å². The van der Waals surface area contributed by atoms with Crippen molar-refractivity contribution in [1.82, 2.24) is 9.62 Å². The topological polar surface area (TPSA) is 86.8 Å². The zero-order valence-electron chi connectivity index (χ0n) is 20.2. The van der Waals surface area contributed by atoms with Gasteiger partial charge in [-0.25, -0.2) is 8.42 Å². The number of amides is 2. The Morgan fingerprint density at radius 1 is 0.914 bits per heavy atom. The number of hydrogen-bond acceptors (Lipinski definition) is 4. The molecule has 2 aromatic carbocycles. The Kier molecular flexibility index (Phi) is 6.68. The molecule has 0 spiro atoms. The van der Waals surface area contributed by atoms with Crippen molar-refractivity contribution in [2.24, 2.45) is 5.92 Å². The van der Waals surface area contributed by atoms with Crippen molar-refractivity contribution in [1.29, 1.82) is 0 Å². The van der Waals surface area contributed by atoms with Crippen molar-refractivity contribution in [2.75, 3.05) is 24.5 Å². The second-order valence-corrected chi connectivity index (χ2v) is 11.8. The van der Waals surface area contributed by atoms with E-state index in [9.17, 15) is 18.0 Å². The summed E-state index contributed by atoms with van der Waals surface area (Å²) >= 11 is 0. The average molecular weight is 496 g/mol. The molecule has 2 amide bonds. The number of nitrogens with zero attached hydrogens (tertiary/aromatic N) is 2. The van der Waals surface area contributed by atoms with Crippen LogP contribution in [0.4, 0.5) is 5.69 Å². The molecular weight excluding hydrogens is 462 g/mol. The fourth-order valence-corrected chi connectivity index (χ4v) is 7.28. The Labute approximate surface area is 207 Å². The molecule has 0 aromatic heterocycles. The molecule has 35 heavy (non-hydrogen) atoms. The average Bonchev–Trinajstić information content (AvgIpc) is 2.88. The highest BCUT2D eigenvalue weighted by molar-refractivity contribution is 7.89. The Bertz CT molecular complexity index is 1230. The van der Waals surface area contributed by atoms with Gasteiger partial charge in [0.2, 0.25) is 21.8 Å². The van der Waals surface area contributed by atoms with Gasteiger partial charge in [0.25, 0.3) is 0 Å². The SMILES string of the molecule is CC(=O)N1CCCc2cc(S(=O)(=O)N3CCC(C(=O)N[C@@H]4CCCc5ccccc54)CC3)ccc21. The van der Waals surface area contributed by atoms with Gasteiger partial charge in [-0.15, -0.1) is 0 Å². The number of fused-ring (bicyclic) bond motifs is 2. The predicted octanol–water partition coefficient (Wildman–Crippen LogP) is 3.58. The Morgan fingerprint density at radius 2 is 1.66 bits per heavy atom. The Hall–Kier alpha value is -2.71. The molecule has 1 aliphatic carbocycles. The molecule has 186 valence electrons. The maximum absolute atomic E-state index is 13.4. The van der Waals surface area contributed by atoms with Gasteiger partial charge in [-0.2, -0.15) is 4.31 Å². The lowest BCUT2D eigenvalue weighted by Gasteiger charge is -2.33. The second-order valence-electron chi connectivity index (χ2n) is 9.90. The van der Waals surface area contributed by atoms with Crippen LogP contribution in [-0.2, 0) is 32.5 Å². The lowest BCUT2D eigenvalue weighted by molar-refractivity contribution is -0.127. The maximum atomic E-state index is 13.4. The molecule has 1 atom stereocenters. The van der Waals surface area contributed by atoms with E-state index in [0.717, 1.165) is 43.4 Å². The third-order valence-corrected chi connectivity index (χ3v) is 9.59. The van der Waals surface area contributed by atoms with Gasteiger partial charge in [0.15, 0.2) is 0 Å². The van der Waals surface area contributed by atoms with Gasteiger partial charge in [-0.1, -0.05) is 24.3 Å². The Morgan fingerprint density at radius 3 is 2.43 bits per heavy atom. The summed E-state index contributed by atoms with van der Waals surface area (Å²) in [6.07, 6.45) is 5.66. The van der Waals surface area contributed by atoms with E-state index in [1.807, 2.05) is 12.1 Å². The molecule has 8 heteroatoms. The molecule has 1 N–H and O–H groups in total. The number of carbonyl (C=O) groups excluding carboxylic acids is 2. The maximum Gasteiger partial charge on any atom is 0.243 e. The minimum Gasteiger partial charge on any atom is -0.349 e. The predicted molar refractivity (Wildman–Crippen MR) is 135 cm³/mol. The van der Waals surface area contributed by atoms with Gasteiger partial charge in [-0.3, -0.25) is 9.59 Å². The summed E-state index contributed by atoms with van der Waals surface area (Å²) in [6.45, 7) is 2.86. The number of nitrogens with one attached hydrogen (secondary N) is 1. The number of sulfonamides is 1. The summed E-state index contributed by atoms with van der Waals surface area (Å²) in [5.74, 6) is -0.177. The van der Waals surface area contributed by atoms with Crippen LogP contribution >= 0.6 is 0 Å². The van der Waals surface area contributed by atoms with Crippen LogP contribution in [0.15, 0.2) is 47.4 Å². The number of anilines is 1. The van der Waals surface area contributed by atoms with Gasteiger partial charge >= 0.3 is 0 Å². The van der Waals surface area contributed by atoms with Crippen molar-refractivity contribution in [3.8, 4) is 0 Å². The van der Waals surface area contributed by atoms with Crippen LogP contribution in [0, 0.1) is 5.92 Å². The zero-order valence-corrected chi connectivity index (χ0v) is 21.0. The van der Waals surface area contributed by atoms with Crippen LogP contribution in [-0.4, -0.2) is 44.2 Å². The first-order valence-electron chi connectivity index (χ1n) is 12.6. The smallest absolute Gasteiger partial charge is 0.243 e. The molecule has 2 heterocycles. The highest BCUT2D eigenvalue weighted by Gasteiger charge is 2.34. The van der Waals surface area contributed by atoms with Crippen molar-refractivity contribution in [3.05, 3.63) is 59.2 Å². The van der Waals surface area contributed by atoms with Gasteiger partial charge in [-0.05, 0) is 79.8 Å². The molecule has 1 fully saturated rings. The van der Waals surface area contributed by atoms with E-state index in [1.54, 1.807) is 23.1 Å². The van der Waals surface area contributed by atoms with E-state index >= 15 is 0 Å². The molecule has 5 rings (SSSR count). The number of carbonyl (C=O) groups is 2. The quantitative estimate of drug-likeness (QED) is 0.703. The Balaban J connectivity index is 1.23. The van der Waals surface area contributed by atoms with Crippen LogP contribution in [0.3, 0.4) is 0 Å². The van der Waals surface area contributed by atoms with E-state index in [1.165, 1.54) is 22.4 Å². The highest BCUT2D eigenvalue weighted by atomic mass is 32.2. The summed E-state index contributed by atoms with van der Waals surface area (Å²) in [7, 11) is -3.65. The summed E-state index contributed by atoms with van der Waals surface area (Å²) < 4.78 is 28.2. The van der Waals surface area contributed by atoms with Crippen LogP contribution < -0.4 is 10.2 Å². The minimum atomic E-state index is -3.65. The number of aryl methyl sites for hydroxylation is 2. The largest absolute Gasteiger partial charge is 0.349 e. The lowest BCUT2D eigenvalue weighted by Crippen LogP contribution is -2.44. The molecule has 1 saturated heterocycles. The van der Waals surface area contributed by atoms with E-state index in [2.05, 4.69) is 17.4 Å². The number of rotatable bonds is 4. The van der Waals surface area contributed by atoms with Gasteiger partial charge in [0, 0.05) is 38.2 Å². The van der Waals surface area contributed by atoms with Crippen LogP contribution in [0.1, 0.15) is 61.8 Å². The molecule has 2 aliphatic heterocycles. The molecule has 3 aliphatic rings. The lowest BCUT2D eigenvalue weighted by atomic mass is 9.87. The minimum absolute atomic E-state index is 0.0291. The van der Waals surface area contributed by atoms with Crippen molar-refractivity contribution in [3.63, 3.8) is 0 Å². The van der Waals surface area contributed by atoms with E-state index in [-0.39, 0.29) is 28.7 Å². The summed E-state index contributed by atoms with van der Waals surface area (Å²) in [4.78, 5) is 26.9. The molecule has 2 aromatic rings. The number of hydrogen-bond donors (Lipinski definition) is 1. The fraction of sp³-hybridized carbons (Fsp3) is 0.481. The van der Waals surface area contributed by atoms with E-state index < -0.39 is 10.0 Å². The normalized spacial score (nSPS) is 21.2. The van der Waals surface area contributed by atoms with Gasteiger partial charge in [0.05, 0.1) is 10.9 Å². The van der Waals surface area contributed by atoms with Crippen LogP contribution in [0.25, 0.3) is 0 Å². The monoisotopic (exact) mass is 495 g/mol. The van der Waals surface area contributed by atoms with E-state index in [0.29, 0.717) is 32.5 Å². The summed E-state index contributed by atoms with van der Waals surface area (Å²) in [5, 5.41) is 3.24. The van der Waals surface area contributed by atoms with Crippen LogP contribution in [0.5, 0.6) is 0 Å². The summed E-state index contributed by atoms with van der Waals surface area (Å²) in [5.41, 5.74) is 4.22. The standard InChI is InChI=1S/C27H33N3O4S/c1-19(31)30-15-5-8-22-18-23(11-12-26(22)30)35(33,34)29-16-13-21(14-17-29)27(32)28-25-10-4-7-20-6-2-3-9-24(20)25/h2-3,6,9,11-12,18,21,25H,4-5,7-8,10,13-17H2,1H3,(H,28,32)/t25-/m1/s1. The van der Waals surface area contributed by atoms with Crippen molar-refractivity contribution >= 4 is 27.5 Å².